The number of halogens is 1. The van der Waals surface area contributed by atoms with Crippen LogP contribution in [0.5, 0.6) is 0 Å². The zero-order valence-electron chi connectivity index (χ0n) is 12.8. The molecule has 1 aliphatic rings. The van der Waals surface area contributed by atoms with E-state index in [9.17, 15) is 0 Å². The number of thiocarbonyl (C=S) groups is 1. The molecule has 2 heterocycles. The van der Waals surface area contributed by atoms with Gasteiger partial charge in [0.15, 0.2) is 15.4 Å². The topological polar surface area (TPSA) is 52.6 Å². The first kappa shape index (κ1) is 17.4. The molecule has 0 aliphatic carbocycles. The van der Waals surface area contributed by atoms with Crippen LogP contribution in [0.3, 0.4) is 0 Å². The van der Waals surface area contributed by atoms with Crippen LogP contribution in [-0.4, -0.2) is 35.9 Å². The fourth-order valence-electron chi connectivity index (χ4n) is 2.17. The second-order valence-corrected chi connectivity index (χ2v) is 6.95. The van der Waals surface area contributed by atoms with Gasteiger partial charge < -0.3 is 10.2 Å². The van der Waals surface area contributed by atoms with Crippen molar-refractivity contribution in [2.45, 2.75) is 39.0 Å². The van der Waals surface area contributed by atoms with E-state index >= 15 is 0 Å². The SMILES string of the molecule is CCCCNC(=S)N/N=C\c1sc(N2CCCCC2)nc1Cl. The number of unbranched alkanes of at least 4 members (excludes halogenated alkanes) is 1. The van der Waals surface area contributed by atoms with Crippen molar-refractivity contribution in [2.24, 2.45) is 5.10 Å². The second kappa shape index (κ2) is 9.27. The molecule has 0 radical (unpaired) electrons. The van der Waals surface area contributed by atoms with Crippen LogP contribution < -0.4 is 15.6 Å². The first-order valence-corrected chi connectivity index (χ1v) is 9.29. The van der Waals surface area contributed by atoms with Crippen LogP contribution >= 0.6 is 35.2 Å². The molecule has 1 fully saturated rings. The van der Waals surface area contributed by atoms with E-state index in [0.29, 0.717) is 10.3 Å². The zero-order valence-corrected chi connectivity index (χ0v) is 15.2. The highest BCUT2D eigenvalue weighted by molar-refractivity contribution is 7.80. The Hall–Kier alpha value is -0.920. The second-order valence-electron chi connectivity index (χ2n) is 5.18. The smallest absolute Gasteiger partial charge is 0.187 e. The van der Waals surface area contributed by atoms with Crippen LogP contribution in [0.15, 0.2) is 5.10 Å². The van der Waals surface area contributed by atoms with Gasteiger partial charge in [-0.3, -0.25) is 5.43 Å². The fraction of sp³-hybridized carbons (Fsp3) is 0.643. The third kappa shape index (κ3) is 5.37. The van der Waals surface area contributed by atoms with Crippen molar-refractivity contribution in [3.8, 4) is 0 Å². The largest absolute Gasteiger partial charge is 0.361 e. The molecule has 0 amide bonds. The Labute approximate surface area is 146 Å². The Morgan fingerprint density at radius 2 is 2.23 bits per heavy atom. The van der Waals surface area contributed by atoms with E-state index in [4.69, 9.17) is 23.8 Å². The minimum Gasteiger partial charge on any atom is -0.361 e. The predicted octanol–water partition coefficient (Wildman–Crippen LogP) is 3.38. The first-order valence-electron chi connectivity index (χ1n) is 7.69. The summed E-state index contributed by atoms with van der Waals surface area (Å²) in [5, 5.41) is 9.23. The van der Waals surface area contributed by atoms with Crippen molar-refractivity contribution in [1.82, 2.24) is 15.7 Å². The Bertz CT molecular complexity index is 511. The van der Waals surface area contributed by atoms with Crippen molar-refractivity contribution in [3.63, 3.8) is 0 Å². The van der Waals surface area contributed by atoms with Gasteiger partial charge in [0.05, 0.1) is 11.1 Å². The van der Waals surface area contributed by atoms with E-state index in [1.807, 2.05) is 0 Å². The molecule has 0 atom stereocenters. The third-order valence-corrected chi connectivity index (χ3v) is 5.08. The first-order chi connectivity index (χ1) is 10.7. The molecule has 2 N–H and O–H groups in total. The molecule has 0 aromatic carbocycles. The Morgan fingerprint density at radius 1 is 1.45 bits per heavy atom. The van der Waals surface area contributed by atoms with Crippen LogP contribution in [0, 0.1) is 0 Å². The summed E-state index contributed by atoms with van der Waals surface area (Å²) in [7, 11) is 0. The number of nitrogens with one attached hydrogen (secondary N) is 2. The maximum atomic E-state index is 6.19. The van der Waals surface area contributed by atoms with E-state index in [1.165, 1.54) is 19.3 Å². The zero-order chi connectivity index (χ0) is 15.8. The summed E-state index contributed by atoms with van der Waals surface area (Å²) < 4.78 is 0. The molecule has 1 aromatic rings. The van der Waals surface area contributed by atoms with Crippen molar-refractivity contribution < 1.29 is 0 Å². The van der Waals surface area contributed by atoms with Gasteiger partial charge in [0.1, 0.15) is 0 Å². The number of anilines is 1. The standard InChI is InChI=1S/C14H22ClN5S2/c1-2-3-7-16-13(21)19-17-10-11-12(15)18-14(22-11)20-8-5-4-6-9-20/h10H,2-9H2,1H3,(H2,16,19,21)/b17-10-. The van der Waals surface area contributed by atoms with Crippen LogP contribution in [0.25, 0.3) is 0 Å². The maximum absolute atomic E-state index is 6.19. The summed E-state index contributed by atoms with van der Waals surface area (Å²) in [6.07, 6.45) is 7.65. The molecule has 2 rings (SSSR count). The van der Waals surface area contributed by atoms with Gasteiger partial charge in [0, 0.05) is 19.6 Å². The minimum atomic E-state index is 0.501. The molecule has 22 heavy (non-hydrogen) atoms. The molecule has 0 unspecified atom stereocenters. The van der Waals surface area contributed by atoms with E-state index < -0.39 is 0 Å². The van der Waals surface area contributed by atoms with Crippen molar-refractivity contribution in [2.75, 3.05) is 24.5 Å². The molecule has 1 saturated heterocycles. The van der Waals surface area contributed by atoms with Gasteiger partial charge in [-0.25, -0.2) is 4.98 Å². The van der Waals surface area contributed by atoms with E-state index in [-0.39, 0.29) is 0 Å². The number of piperidine rings is 1. The minimum absolute atomic E-state index is 0.501. The maximum Gasteiger partial charge on any atom is 0.187 e. The van der Waals surface area contributed by atoms with Gasteiger partial charge in [-0.2, -0.15) is 5.10 Å². The Morgan fingerprint density at radius 3 is 2.95 bits per heavy atom. The highest BCUT2D eigenvalue weighted by atomic mass is 35.5. The lowest BCUT2D eigenvalue weighted by molar-refractivity contribution is 0.577. The lowest BCUT2D eigenvalue weighted by Crippen LogP contribution is -2.32. The molecule has 1 aliphatic heterocycles. The van der Waals surface area contributed by atoms with Crippen LogP contribution in [0.2, 0.25) is 5.15 Å². The average molecular weight is 360 g/mol. The van der Waals surface area contributed by atoms with Gasteiger partial charge in [0.25, 0.3) is 0 Å². The lowest BCUT2D eigenvalue weighted by Gasteiger charge is -2.25. The van der Waals surface area contributed by atoms with Crippen molar-refractivity contribution in [1.29, 1.82) is 0 Å². The Balaban J connectivity index is 1.85. The third-order valence-electron chi connectivity index (χ3n) is 3.39. The molecule has 122 valence electrons. The molecule has 8 heteroatoms. The number of hydrogen-bond donors (Lipinski definition) is 2. The van der Waals surface area contributed by atoms with Gasteiger partial charge >= 0.3 is 0 Å². The summed E-state index contributed by atoms with van der Waals surface area (Å²) >= 11 is 12.9. The summed E-state index contributed by atoms with van der Waals surface area (Å²) in [6, 6.07) is 0. The molecular weight excluding hydrogens is 338 g/mol. The Kier molecular flexibility index (Phi) is 7.35. The fourth-order valence-corrected chi connectivity index (χ4v) is 3.50. The summed E-state index contributed by atoms with van der Waals surface area (Å²) in [4.78, 5) is 7.58. The molecule has 0 spiro atoms. The molecule has 0 saturated carbocycles. The van der Waals surface area contributed by atoms with Crippen LogP contribution in [0.1, 0.15) is 43.9 Å². The van der Waals surface area contributed by atoms with Crippen LogP contribution in [-0.2, 0) is 0 Å². The highest BCUT2D eigenvalue weighted by Gasteiger charge is 2.16. The normalized spacial score (nSPS) is 15.3. The van der Waals surface area contributed by atoms with Gasteiger partial charge in [-0.05, 0) is 37.9 Å². The number of nitrogens with zero attached hydrogens (tertiary/aromatic N) is 3. The summed E-state index contributed by atoms with van der Waals surface area (Å²) in [5.74, 6) is 0. The number of aromatic nitrogens is 1. The molecular formula is C14H22ClN5S2. The molecule has 0 bridgehead atoms. The van der Waals surface area contributed by atoms with Gasteiger partial charge in [-0.15, -0.1) is 0 Å². The summed E-state index contributed by atoms with van der Waals surface area (Å²) in [6.45, 7) is 5.12. The van der Waals surface area contributed by atoms with Crippen LogP contribution in [0.4, 0.5) is 5.13 Å². The molecule has 1 aromatic heterocycles. The van der Waals surface area contributed by atoms with E-state index in [2.05, 4.69) is 32.7 Å². The lowest BCUT2D eigenvalue weighted by atomic mass is 10.1. The number of rotatable bonds is 6. The average Bonchev–Trinajstić information content (AvgIpc) is 2.90. The van der Waals surface area contributed by atoms with E-state index in [1.54, 1.807) is 17.6 Å². The predicted molar refractivity (Wildman–Crippen MR) is 99.4 cm³/mol. The molecule has 5 nitrogen and oxygen atoms in total. The van der Waals surface area contributed by atoms with Crippen molar-refractivity contribution >= 4 is 51.6 Å². The number of thiazole rings is 1. The van der Waals surface area contributed by atoms with E-state index in [0.717, 1.165) is 42.5 Å². The number of hydrogen-bond acceptors (Lipinski definition) is 5. The van der Waals surface area contributed by atoms with Gasteiger partial charge in [-0.1, -0.05) is 36.3 Å². The quantitative estimate of drug-likeness (QED) is 0.353. The number of hydrazone groups is 1. The highest BCUT2D eigenvalue weighted by Crippen LogP contribution is 2.30. The van der Waals surface area contributed by atoms with Gasteiger partial charge in [0.2, 0.25) is 0 Å². The van der Waals surface area contributed by atoms with Crippen molar-refractivity contribution in [3.05, 3.63) is 10.0 Å². The summed E-state index contributed by atoms with van der Waals surface area (Å²) in [5.41, 5.74) is 2.80. The monoisotopic (exact) mass is 359 g/mol.